The van der Waals surface area contributed by atoms with Gasteiger partial charge in [0.15, 0.2) is 5.69 Å². The molecule has 1 atom stereocenters. The van der Waals surface area contributed by atoms with Gasteiger partial charge in [-0.3, -0.25) is 0 Å². The number of likely N-dealkylation sites (N-methyl/N-ethyl adjacent to an activating group) is 1. The number of carboxylic acid groups (broad SMARTS) is 1. The lowest BCUT2D eigenvalue weighted by molar-refractivity contribution is 0.0691. The lowest BCUT2D eigenvalue weighted by Gasteiger charge is -2.24. The first-order chi connectivity index (χ1) is 8.58. The molecule has 1 heterocycles. The summed E-state index contributed by atoms with van der Waals surface area (Å²) in [4.78, 5) is 17.2. The maximum atomic E-state index is 11.0. The highest BCUT2D eigenvalue weighted by atomic mass is 16.4. The van der Waals surface area contributed by atoms with Gasteiger partial charge < -0.3 is 15.3 Å². The van der Waals surface area contributed by atoms with Crippen LogP contribution in [0.25, 0.3) is 0 Å². The van der Waals surface area contributed by atoms with Crippen molar-refractivity contribution in [1.82, 2.24) is 9.88 Å². The van der Waals surface area contributed by atoms with E-state index < -0.39 is 5.97 Å². The zero-order chi connectivity index (χ0) is 13.5. The fourth-order valence-corrected chi connectivity index (χ4v) is 1.87. The van der Waals surface area contributed by atoms with E-state index in [4.69, 9.17) is 5.11 Å². The number of carboxylic acids is 1. The average Bonchev–Trinajstić information content (AvgIpc) is 2.36. The highest BCUT2D eigenvalue weighted by Crippen LogP contribution is 2.13. The second-order valence-electron chi connectivity index (χ2n) is 4.24. The van der Waals surface area contributed by atoms with Crippen LogP contribution in [0.2, 0.25) is 0 Å². The van der Waals surface area contributed by atoms with Crippen molar-refractivity contribution in [3.63, 3.8) is 0 Å². The van der Waals surface area contributed by atoms with Crippen LogP contribution >= 0.6 is 0 Å². The third kappa shape index (κ3) is 4.00. The summed E-state index contributed by atoms with van der Waals surface area (Å²) in [6.07, 6.45) is 1.49. The van der Waals surface area contributed by atoms with E-state index in [0.717, 1.165) is 19.6 Å². The summed E-state index contributed by atoms with van der Waals surface area (Å²) < 4.78 is 0. The van der Waals surface area contributed by atoms with Gasteiger partial charge in [0.25, 0.3) is 0 Å². The Bertz CT molecular complexity index is 392. The third-order valence-corrected chi connectivity index (χ3v) is 2.84. The summed E-state index contributed by atoms with van der Waals surface area (Å²) in [6.45, 7) is 9.12. The summed E-state index contributed by atoms with van der Waals surface area (Å²) in [5, 5.41) is 12.2. The molecule has 18 heavy (non-hydrogen) atoms. The molecule has 0 aliphatic carbocycles. The molecule has 0 fully saturated rings. The largest absolute Gasteiger partial charge is 0.476 e. The minimum atomic E-state index is -1.01. The van der Waals surface area contributed by atoms with E-state index in [1.54, 1.807) is 12.1 Å². The predicted molar refractivity (Wildman–Crippen MR) is 72.1 cm³/mol. The Morgan fingerprint density at radius 2 is 2.17 bits per heavy atom. The summed E-state index contributed by atoms with van der Waals surface area (Å²) in [7, 11) is 0. The summed E-state index contributed by atoms with van der Waals surface area (Å²) in [6, 6.07) is 3.65. The molecule has 0 radical (unpaired) electrons. The number of anilines is 1. The van der Waals surface area contributed by atoms with Crippen molar-refractivity contribution in [2.75, 3.05) is 25.0 Å². The Hall–Kier alpha value is -1.62. The summed E-state index contributed by atoms with van der Waals surface area (Å²) in [5.41, 5.74) is 0.647. The maximum Gasteiger partial charge on any atom is 0.356 e. The van der Waals surface area contributed by atoms with Gasteiger partial charge in [-0.1, -0.05) is 13.8 Å². The molecule has 0 saturated heterocycles. The van der Waals surface area contributed by atoms with Crippen LogP contribution in [-0.4, -0.2) is 46.6 Å². The number of nitrogens with one attached hydrogen (secondary N) is 1. The van der Waals surface area contributed by atoms with Crippen LogP contribution in [0.4, 0.5) is 5.69 Å². The number of hydrogen-bond acceptors (Lipinski definition) is 4. The number of nitrogens with zero attached hydrogens (tertiary/aromatic N) is 2. The third-order valence-electron chi connectivity index (χ3n) is 2.84. The van der Waals surface area contributed by atoms with E-state index in [-0.39, 0.29) is 11.7 Å². The Labute approximate surface area is 108 Å². The Balaban J connectivity index is 2.69. The van der Waals surface area contributed by atoms with E-state index in [2.05, 4.69) is 29.0 Å². The second-order valence-corrected chi connectivity index (χ2v) is 4.24. The molecule has 1 aromatic heterocycles. The predicted octanol–water partition coefficient (Wildman–Crippen LogP) is 1.92. The first-order valence-electron chi connectivity index (χ1n) is 6.25. The lowest BCUT2D eigenvalue weighted by atomic mass is 10.2. The molecule has 0 aliphatic heterocycles. The number of aromatic carboxylic acids is 1. The fourth-order valence-electron chi connectivity index (χ4n) is 1.87. The second kappa shape index (κ2) is 6.96. The van der Waals surface area contributed by atoms with E-state index in [0.29, 0.717) is 5.69 Å². The van der Waals surface area contributed by atoms with Crippen molar-refractivity contribution in [3.8, 4) is 0 Å². The summed E-state index contributed by atoms with van der Waals surface area (Å²) in [5.74, 6) is -1.01. The molecular weight excluding hydrogens is 230 g/mol. The Morgan fingerprint density at radius 3 is 2.72 bits per heavy atom. The molecule has 0 saturated carbocycles. The summed E-state index contributed by atoms with van der Waals surface area (Å²) >= 11 is 0. The molecule has 1 rings (SSSR count). The SMILES string of the molecule is CCN(CC)CC(C)Nc1cccnc1C(=O)O. The molecule has 0 bridgehead atoms. The maximum absolute atomic E-state index is 11.0. The van der Waals surface area contributed by atoms with Crippen LogP contribution in [0.3, 0.4) is 0 Å². The Morgan fingerprint density at radius 1 is 1.50 bits per heavy atom. The van der Waals surface area contributed by atoms with Crippen LogP contribution in [0.15, 0.2) is 18.3 Å². The standard InChI is InChI=1S/C13H21N3O2/c1-4-16(5-2)9-10(3)15-11-7-6-8-14-12(11)13(17)18/h6-8,10,15H,4-5,9H2,1-3H3,(H,17,18). The smallest absolute Gasteiger partial charge is 0.356 e. The first-order valence-corrected chi connectivity index (χ1v) is 6.25. The van der Waals surface area contributed by atoms with E-state index >= 15 is 0 Å². The number of carbonyl (C=O) groups is 1. The van der Waals surface area contributed by atoms with Crippen molar-refractivity contribution >= 4 is 11.7 Å². The van der Waals surface area contributed by atoms with Crippen LogP contribution in [0, 0.1) is 0 Å². The van der Waals surface area contributed by atoms with Gasteiger partial charge in [-0.15, -0.1) is 0 Å². The molecule has 0 aromatic carbocycles. The quantitative estimate of drug-likeness (QED) is 0.775. The molecule has 0 spiro atoms. The normalized spacial score (nSPS) is 12.4. The minimum Gasteiger partial charge on any atom is -0.476 e. The highest BCUT2D eigenvalue weighted by molar-refractivity contribution is 5.91. The molecular formula is C13H21N3O2. The molecule has 2 N–H and O–H groups in total. The van der Waals surface area contributed by atoms with Crippen LogP contribution in [0.5, 0.6) is 0 Å². The van der Waals surface area contributed by atoms with Gasteiger partial charge in [0.05, 0.1) is 5.69 Å². The van der Waals surface area contributed by atoms with Gasteiger partial charge in [0.1, 0.15) is 0 Å². The van der Waals surface area contributed by atoms with E-state index in [9.17, 15) is 4.79 Å². The van der Waals surface area contributed by atoms with Crippen LogP contribution in [-0.2, 0) is 0 Å². The van der Waals surface area contributed by atoms with Gasteiger partial charge >= 0.3 is 5.97 Å². The molecule has 1 unspecified atom stereocenters. The van der Waals surface area contributed by atoms with Crippen molar-refractivity contribution < 1.29 is 9.90 Å². The van der Waals surface area contributed by atoms with E-state index in [1.807, 2.05) is 6.92 Å². The number of pyridine rings is 1. The van der Waals surface area contributed by atoms with Crippen molar-refractivity contribution in [1.29, 1.82) is 0 Å². The zero-order valence-corrected chi connectivity index (χ0v) is 11.2. The topological polar surface area (TPSA) is 65.5 Å². The van der Waals surface area contributed by atoms with Crippen LogP contribution in [0.1, 0.15) is 31.3 Å². The minimum absolute atomic E-state index is 0.0731. The lowest BCUT2D eigenvalue weighted by Crippen LogP contribution is -2.35. The van der Waals surface area contributed by atoms with Gasteiger partial charge in [-0.25, -0.2) is 9.78 Å². The van der Waals surface area contributed by atoms with Gasteiger partial charge in [0.2, 0.25) is 0 Å². The van der Waals surface area contributed by atoms with Crippen LogP contribution < -0.4 is 5.32 Å². The molecule has 5 nitrogen and oxygen atoms in total. The number of hydrogen-bond donors (Lipinski definition) is 2. The first kappa shape index (κ1) is 14.4. The molecule has 1 aromatic rings. The van der Waals surface area contributed by atoms with Crippen molar-refractivity contribution in [3.05, 3.63) is 24.0 Å². The van der Waals surface area contributed by atoms with Gasteiger partial charge in [-0.05, 0) is 32.1 Å². The molecule has 5 heteroatoms. The number of rotatable bonds is 7. The van der Waals surface area contributed by atoms with Gasteiger partial charge in [0, 0.05) is 18.8 Å². The fraction of sp³-hybridized carbons (Fsp3) is 0.538. The van der Waals surface area contributed by atoms with Crippen molar-refractivity contribution in [2.24, 2.45) is 0 Å². The molecule has 100 valence electrons. The average molecular weight is 251 g/mol. The molecule has 0 aliphatic rings. The molecule has 0 amide bonds. The highest BCUT2D eigenvalue weighted by Gasteiger charge is 2.13. The van der Waals surface area contributed by atoms with Gasteiger partial charge in [-0.2, -0.15) is 0 Å². The van der Waals surface area contributed by atoms with Crippen molar-refractivity contribution in [2.45, 2.75) is 26.8 Å². The number of aromatic nitrogens is 1. The van der Waals surface area contributed by atoms with E-state index in [1.165, 1.54) is 6.20 Å². The zero-order valence-electron chi connectivity index (χ0n) is 11.2. The Kier molecular flexibility index (Phi) is 5.58. The monoisotopic (exact) mass is 251 g/mol.